The SMILES string of the molecule is CCCOc1cc(Nc2ccc(C(=O)O)c(C)c2)ncn1. The summed E-state index contributed by atoms with van der Waals surface area (Å²) in [5, 5.41) is 12.1. The van der Waals surface area contributed by atoms with Crippen LogP contribution in [0.3, 0.4) is 0 Å². The zero-order valence-electron chi connectivity index (χ0n) is 12.0. The van der Waals surface area contributed by atoms with Crippen LogP contribution in [0.15, 0.2) is 30.6 Å². The molecule has 0 saturated carbocycles. The highest BCUT2D eigenvalue weighted by atomic mass is 16.5. The van der Waals surface area contributed by atoms with Gasteiger partial charge in [-0.05, 0) is 37.1 Å². The molecule has 0 aliphatic rings. The van der Waals surface area contributed by atoms with Crippen LogP contribution in [0, 0.1) is 6.92 Å². The Morgan fingerprint density at radius 2 is 2.14 bits per heavy atom. The molecule has 0 aliphatic carbocycles. The van der Waals surface area contributed by atoms with Gasteiger partial charge in [0.15, 0.2) is 0 Å². The quantitative estimate of drug-likeness (QED) is 0.849. The first kappa shape index (κ1) is 14.8. The average Bonchev–Trinajstić information content (AvgIpc) is 2.45. The third-order valence-electron chi connectivity index (χ3n) is 2.83. The van der Waals surface area contributed by atoms with Crippen molar-refractivity contribution in [1.29, 1.82) is 0 Å². The van der Waals surface area contributed by atoms with Crippen molar-refractivity contribution >= 4 is 17.5 Å². The van der Waals surface area contributed by atoms with Gasteiger partial charge < -0.3 is 15.2 Å². The average molecular weight is 287 g/mol. The topological polar surface area (TPSA) is 84.3 Å². The fraction of sp³-hybridized carbons (Fsp3) is 0.267. The van der Waals surface area contributed by atoms with Crippen molar-refractivity contribution in [2.24, 2.45) is 0 Å². The van der Waals surface area contributed by atoms with Gasteiger partial charge in [-0.1, -0.05) is 6.92 Å². The number of aryl methyl sites for hydroxylation is 1. The number of benzene rings is 1. The lowest BCUT2D eigenvalue weighted by Crippen LogP contribution is -2.02. The summed E-state index contributed by atoms with van der Waals surface area (Å²) >= 11 is 0. The number of carboxylic acids is 1. The fourth-order valence-corrected chi connectivity index (χ4v) is 1.82. The number of aromatic nitrogens is 2. The number of nitrogens with one attached hydrogen (secondary N) is 1. The molecule has 2 N–H and O–H groups in total. The molecular weight excluding hydrogens is 270 g/mol. The molecule has 0 unspecified atom stereocenters. The van der Waals surface area contributed by atoms with Crippen LogP contribution in [0.4, 0.5) is 11.5 Å². The number of hydrogen-bond acceptors (Lipinski definition) is 5. The van der Waals surface area contributed by atoms with Crippen molar-refractivity contribution < 1.29 is 14.6 Å². The van der Waals surface area contributed by atoms with Crippen molar-refractivity contribution in [3.63, 3.8) is 0 Å². The van der Waals surface area contributed by atoms with Gasteiger partial charge in [0.05, 0.1) is 12.2 Å². The number of aromatic carboxylic acids is 1. The lowest BCUT2D eigenvalue weighted by atomic mass is 10.1. The van der Waals surface area contributed by atoms with Crippen LogP contribution in [0.1, 0.15) is 29.3 Å². The molecule has 0 radical (unpaired) electrons. The third kappa shape index (κ3) is 3.92. The Kier molecular flexibility index (Phi) is 4.71. The number of hydrogen-bond donors (Lipinski definition) is 2. The van der Waals surface area contributed by atoms with Crippen LogP contribution < -0.4 is 10.1 Å². The molecule has 6 heteroatoms. The third-order valence-corrected chi connectivity index (χ3v) is 2.83. The molecule has 1 heterocycles. The molecule has 0 aliphatic heterocycles. The van der Waals surface area contributed by atoms with E-state index in [1.807, 2.05) is 6.92 Å². The standard InChI is InChI=1S/C15H17N3O3/c1-3-6-21-14-8-13(16-9-17-14)18-11-4-5-12(15(19)20)10(2)7-11/h4-5,7-9H,3,6H2,1-2H3,(H,19,20)(H,16,17,18). The van der Waals surface area contributed by atoms with E-state index in [-0.39, 0.29) is 5.56 Å². The lowest BCUT2D eigenvalue weighted by Gasteiger charge is -2.09. The minimum absolute atomic E-state index is 0.287. The summed E-state index contributed by atoms with van der Waals surface area (Å²) in [4.78, 5) is 19.1. The molecule has 110 valence electrons. The Morgan fingerprint density at radius 1 is 1.33 bits per heavy atom. The van der Waals surface area contributed by atoms with Crippen LogP contribution in [-0.2, 0) is 0 Å². The summed E-state index contributed by atoms with van der Waals surface area (Å²) < 4.78 is 5.44. The van der Waals surface area contributed by atoms with Crippen molar-refractivity contribution in [3.8, 4) is 5.88 Å². The van der Waals surface area contributed by atoms with Crippen LogP contribution in [0.5, 0.6) is 5.88 Å². The van der Waals surface area contributed by atoms with Crippen LogP contribution in [-0.4, -0.2) is 27.7 Å². The Morgan fingerprint density at radius 3 is 2.81 bits per heavy atom. The molecule has 0 spiro atoms. The number of nitrogens with zero attached hydrogens (tertiary/aromatic N) is 2. The summed E-state index contributed by atoms with van der Waals surface area (Å²) in [6.07, 6.45) is 2.33. The first-order chi connectivity index (χ1) is 10.1. The fourth-order valence-electron chi connectivity index (χ4n) is 1.82. The summed E-state index contributed by atoms with van der Waals surface area (Å²) in [6, 6.07) is 6.73. The first-order valence-corrected chi connectivity index (χ1v) is 6.66. The van der Waals surface area contributed by atoms with Gasteiger partial charge in [-0.15, -0.1) is 0 Å². The zero-order chi connectivity index (χ0) is 15.2. The first-order valence-electron chi connectivity index (χ1n) is 6.66. The largest absolute Gasteiger partial charge is 0.478 e. The minimum atomic E-state index is -0.934. The molecule has 2 rings (SSSR count). The van der Waals surface area contributed by atoms with Crippen molar-refractivity contribution in [2.45, 2.75) is 20.3 Å². The maximum atomic E-state index is 11.0. The maximum absolute atomic E-state index is 11.0. The van der Waals surface area contributed by atoms with Gasteiger partial charge >= 0.3 is 5.97 Å². The Labute approximate surface area is 122 Å². The maximum Gasteiger partial charge on any atom is 0.335 e. The van der Waals surface area contributed by atoms with E-state index in [0.717, 1.165) is 12.1 Å². The van der Waals surface area contributed by atoms with Crippen LogP contribution in [0.2, 0.25) is 0 Å². The summed E-state index contributed by atoms with van der Waals surface area (Å²) in [5.41, 5.74) is 1.73. The molecule has 0 atom stereocenters. The Bertz CT molecular complexity index is 644. The highest BCUT2D eigenvalue weighted by Gasteiger charge is 2.07. The highest BCUT2D eigenvalue weighted by Crippen LogP contribution is 2.20. The van der Waals surface area contributed by atoms with Crippen molar-refractivity contribution in [2.75, 3.05) is 11.9 Å². The van der Waals surface area contributed by atoms with Crippen LogP contribution >= 0.6 is 0 Å². The van der Waals surface area contributed by atoms with Gasteiger partial charge in [0.25, 0.3) is 0 Å². The smallest absolute Gasteiger partial charge is 0.335 e. The molecule has 1 aromatic heterocycles. The normalized spacial score (nSPS) is 10.2. The second-order valence-corrected chi connectivity index (χ2v) is 4.55. The molecule has 0 saturated heterocycles. The number of rotatable bonds is 6. The number of carboxylic acid groups (broad SMARTS) is 1. The van der Waals surface area contributed by atoms with E-state index in [2.05, 4.69) is 15.3 Å². The summed E-state index contributed by atoms with van der Waals surface area (Å²) in [6.45, 7) is 4.38. The van der Waals surface area contributed by atoms with Crippen LogP contribution in [0.25, 0.3) is 0 Å². The van der Waals surface area contributed by atoms with E-state index in [0.29, 0.717) is 23.9 Å². The molecule has 0 bridgehead atoms. The van der Waals surface area contributed by atoms with E-state index in [4.69, 9.17) is 9.84 Å². The second-order valence-electron chi connectivity index (χ2n) is 4.55. The van der Waals surface area contributed by atoms with Gasteiger partial charge in [-0.2, -0.15) is 0 Å². The van der Waals surface area contributed by atoms with Gasteiger partial charge in [-0.3, -0.25) is 0 Å². The Balaban J connectivity index is 2.14. The summed E-state index contributed by atoms with van der Waals surface area (Å²) in [7, 11) is 0. The zero-order valence-corrected chi connectivity index (χ0v) is 12.0. The number of ether oxygens (including phenoxy) is 1. The molecule has 1 aromatic carbocycles. The predicted octanol–water partition coefficient (Wildman–Crippen LogP) is 3.02. The highest BCUT2D eigenvalue weighted by molar-refractivity contribution is 5.90. The molecule has 0 amide bonds. The van der Waals surface area contributed by atoms with Gasteiger partial charge in [0.2, 0.25) is 5.88 Å². The molecule has 21 heavy (non-hydrogen) atoms. The lowest BCUT2D eigenvalue weighted by molar-refractivity contribution is 0.0696. The minimum Gasteiger partial charge on any atom is -0.478 e. The second kappa shape index (κ2) is 6.69. The number of carbonyl (C=O) groups is 1. The molecule has 0 fully saturated rings. The van der Waals surface area contributed by atoms with Gasteiger partial charge in [0, 0.05) is 11.8 Å². The molecular formula is C15H17N3O3. The van der Waals surface area contributed by atoms with Gasteiger partial charge in [0.1, 0.15) is 12.1 Å². The van der Waals surface area contributed by atoms with E-state index >= 15 is 0 Å². The van der Waals surface area contributed by atoms with E-state index in [1.54, 1.807) is 31.2 Å². The van der Waals surface area contributed by atoms with E-state index < -0.39 is 5.97 Å². The Hall–Kier alpha value is -2.63. The van der Waals surface area contributed by atoms with Crippen molar-refractivity contribution in [3.05, 3.63) is 41.7 Å². The number of anilines is 2. The van der Waals surface area contributed by atoms with E-state index in [1.165, 1.54) is 6.33 Å². The summed E-state index contributed by atoms with van der Waals surface area (Å²) in [5.74, 6) is 0.170. The predicted molar refractivity (Wildman–Crippen MR) is 79.2 cm³/mol. The molecule has 6 nitrogen and oxygen atoms in total. The van der Waals surface area contributed by atoms with Gasteiger partial charge in [-0.25, -0.2) is 14.8 Å². The monoisotopic (exact) mass is 287 g/mol. The molecule has 2 aromatic rings. The van der Waals surface area contributed by atoms with E-state index in [9.17, 15) is 4.79 Å². The van der Waals surface area contributed by atoms with Crippen molar-refractivity contribution in [1.82, 2.24) is 9.97 Å².